The fourth-order valence-corrected chi connectivity index (χ4v) is 7.90. The molecule has 1 unspecified atom stereocenters. The van der Waals surface area contributed by atoms with Crippen LogP contribution in [0.3, 0.4) is 0 Å². The number of esters is 2. The Bertz CT molecular complexity index is 1180. The molecule has 0 heterocycles. The Hall–Kier alpha value is -2.66. The summed E-state index contributed by atoms with van der Waals surface area (Å²) in [6.07, 6.45) is 73.4. The molecule has 0 aromatic heterocycles. The van der Waals surface area contributed by atoms with Crippen molar-refractivity contribution in [3.8, 4) is 0 Å². The van der Waals surface area contributed by atoms with Gasteiger partial charge in [-0.3, -0.25) is 9.59 Å². The SMILES string of the molecule is CCC/C=C\C/C=C\CCCCCCCC(=O)OC(COCCCCCCCCCC/C=C\C/C=C\CCCCC)COC(=O)CCCCCCCCCCC/C=C\C/C=C\CCCCC. The summed E-state index contributed by atoms with van der Waals surface area (Å²) in [7, 11) is 0. The van der Waals surface area contributed by atoms with E-state index in [0.29, 0.717) is 19.4 Å². The fraction of sp³-hybridized carbons (Fsp3) is 0.770. The van der Waals surface area contributed by atoms with E-state index < -0.39 is 6.10 Å². The molecular weight excluding hydrogens is 813 g/mol. The highest BCUT2D eigenvalue weighted by molar-refractivity contribution is 5.70. The lowest BCUT2D eigenvalue weighted by molar-refractivity contribution is -0.163. The third kappa shape index (κ3) is 54.0. The Morgan fingerprint density at radius 3 is 1.06 bits per heavy atom. The molecule has 0 aromatic carbocycles. The van der Waals surface area contributed by atoms with Gasteiger partial charge in [0.15, 0.2) is 6.10 Å². The van der Waals surface area contributed by atoms with Crippen LogP contribution in [0.25, 0.3) is 0 Å². The molecule has 5 nitrogen and oxygen atoms in total. The van der Waals surface area contributed by atoms with Crippen LogP contribution in [0.1, 0.15) is 278 Å². The van der Waals surface area contributed by atoms with Gasteiger partial charge < -0.3 is 14.2 Å². The summed E-state index contributed by atoms with van der Waals surface area (Å²) in [6.45, 7) is 7.71. The summed E-state index contributed by atoms with van der Waals surface area (Å²) in [5, 5.41) is 0. The molecule has 0 rings (SSSR count). The third-order valence-electron chi connectivity index (χ3n) is 12.2. The Morgan fingerprint density at radius 2 is 0.667 bits per heavy atom. The van der Waals surface area contributed by atoms with Crippen LogP contribution in [0.2, 0.25) is 0 Å². The first-order valence-electron chi connectivity index (χ1n) is 28.5. The highest BCUT2D eigenvalue weighted by atomic mass is 16.6. The average molecular weight is 922 g/mol. The first-order chi connectivity index (χ1) is 32.6. The number of hydrogen-bond acceptors (Lipinski definition) is 5. The molecule has 0 spiro atoms. The van der Waals surface area contributed by atoms with Gasteiger partial charge in [-0.15, -0.1) is 0 Å². The summed E-state index contributed by atoms with van der Waals surface area (Å²) < 4.78 is 17.5. The predicted molar refractivity (Wildman–Crippen MR) is 288 cm³/mol. The molecule has 0 aromatic rings. The van der Waals surface area contributed by atoms with E-state index in [2.05, 4.69) is 93.7 Å². The number of unbranched alkanes of at least 4 members (excludes halogenated alkanes) is 29. The molecule has 0 saturated carbocycles. The van der Waals surface area contributed by atoms with Crippen molar-refractivity contribution in [2.45, 2.75) is 284 Å². The predicted octanol–water partition coefficient (Wildman–Crippen LogP) is 19.5. The maximum Gasteiger partial charge on any atom is 0.306 e. The zero-order valence-corrected chi connectivity index (χ0v) is 44.0. The van der Waals surface area contributed by atoms with Gasteiger partial charge in [0.25, 0.3) is 0 Å². The molecule has 0 fully saturated rings. The highest BCUT2D eigenvalue weighted by Crippen LogP contribution is 2.15. The van der Waals surface area contributed by atoms with Crippen LogP contribution in [0.5, 0.6) is 0 Å². The molecule has 0 amide bonds. The van der Waals surface area contributed by atoms with E-state index in [4.69, 9.17) is 14.2 Å². The van der Waals surface area contributed by atoms with Crippen molar-refractivity contribution in [2.75, 3.05) is 19.8 Å². The van der Waals surface area contributed by atoms with Crippen molar-refractivity contribution in [2.24, 2.45) is 0 Å². The Labute approximate surface area is 410 Å². The summed E-state index contributed by atoms with van der Waals surface area (Å²) in [6, 6.07) is 0. The summed E-state index contributed by atoms with van der Waals surface area (Å²) >= 11 is 0. The van der Waals surface area contributed by atoms with Crippen molar-refractivity contribution in [1.82, 2.24) is 0 Å². The minimum absolute atomic E-state index is 0.0738. The van der Waals surface area contributed by atoms with Gasteiger partial charge in [0.05, 0.1) is 6.61 Å². The van der Waals surface area contributed by atoms with Crippen molar-refractivity contribution in [1.29, 1.82) is 0 Å². The van der Waals surface area contributed by atoms with Crippen molar-refractivity contribution >= 4 is 11.9 Å². The lowest BCUT2D eigenvalue weighted by atomic mass is 10.1. The van der Waals surface area contributed by atoms with E-state index in [1.807, 2.05) is 0 Å². The van der Waals surface area contributed by atoms with Gasteiger partial charge in [0, 0.05) is 19.4 Å². The number of allylic oxidation sites excluding steroid dienone is 12. The Kier molecular flexibility index (Phi) is 54.4. The normalized spacial score (nSPS) is 12.7. The first kappa shape index (κ1) is 63.3. The van der Waals surface area contributed by atoms with Crippen LogP contribution in [0.15, 0.2) is 72.9 Å². The Balaban J connectivity index is 4.27. The Morgan fingerprint density at radius 1 is 0.333 bits per heavy atom. The third-order valence-corrected chi connectivity index (χ3v) is 12.2. The molecule has 0 radical (unpaired) electrons. The lowest BCUT2D eigenvalue weighted by Crippen LogP contribution is -2.30. The monoisotopic (exact) mass is 921 g/mol. The molecule has 66 heavy (non-hydrogen) atoms. The smallest absolute Gasteiger partial charge is 0.306 e. The minimum Gasteiger partial charge on any atom is -0.462 e. The average Bonchev–Trinajstić information content (AvgIpc) is 3.32. The van der Waals surface area contributed by atoms with Crippen LogP contribution in [-0.2, 0) is 23.8 Å². The highest BCUT2D eigenvalue weighted by Gasteiger charge is 2.17. The zero-order valence-electron chi connectivity index (χ0n) is 44.0. The number of hydrogen-bond donors (Lipinski definition) is 0. The van der Waals surface area contributed by atoms with Gasteiger partial charge in [0.2, 0.25) is 0 Å². The first-order valence-corrected chi connectivity index (χ1v) is 28.5. The van der Waals surface area contributed by atoms with E-state index in [1.165, 1.54) is 173 Å². The van der Waals surface area contributed by atoms with Gasteiger partial charge in [0.1, 0.15) is 6.61 Å². The standard InChI is InChI=1S/C61H108O5/c1-4-7-10-13-16-19-22-25-27-29-31-32-34-37-39-42-45-48-51-54-60(62)65-58-59(66-61(63)55-52-49-46-43-40-36-24-21-18-15-12-9-6-3)57-64-56-53-50-47-44-41-38-35-33-30-28-26-23-20-17-14-11-8-5-2/h12,15-17,19-21,24-28,59H,4-11,13-14,18,22-23,29-58H2,1-3H3/b15-12-,19-16-,20-17-,24-21-,27-25-,28-26-. The van der Waals surface area contributed by atoms with E-state index in [9.17, 15) is 9.59 Å². The van der Waals surface area contributed by atoms with E-state index in [1.54, 1.807) is 0 Å². The molecule has 5 heteroatoms. The van der Waals surface area contributed by atoms with Crippen LogP contribution in [0, 0.1) is 0 Å². The van der Waals surface area contributed by atoms with Crippen molar-refractivity contribution in [3.05, 3.63) is 72.9 Å². The zero-order chi connectivity index (χ0) is 47.7. The molecule has 0 aliphatic rings. The van der Waals surface area contributed by atoms with Gasteiger partial charge in [-0.1, -0.05) is 229 Å². The summed E-state index contributed by atoms with van der Waals surface area (Å²) in [5.41, 5.74) is 0. The summed E-state index contributed by atoms with van der Waals surface area (Å²) in [4.78, 5) is 25.5. The number of rotatable bonds is 52. The topological polar surface area (TPSA) is 61.8 Å². The fourth-order valence-electron chi connectivity index (χ4n) is 7.90. The maximum atomic E-state index is 12.8. The number of carbonyl (C=O) groups is 2. The van der Waals surface area contributed by atoms with E-state index in [-0.39, 0.29) is 25.2 Å². The van der Waals surface area contributed by atoms with Gasteiger partial charge in [-0.2, -0.15) is 0 Å². The van der Waals surface area contributed by atoms with Gasteiger partial charge >= 0.3 is 11.9 Å². The van der Waals surface area contributed by atoms with E-state index in [0.717, 1.165) is 70.6 Å². The molecular formula is C61H108O5. The van der Waals surface area contributed by atoms with Crippen LogP contribution >= 0.6 is 0 Å². The minimum atomic E-state index is -0.551. The van der Waals surface area contributed by atoms with Crippen molar-refractivity contribution < 1.29 is 23.8 Å². The van der Waals surface area contributed by atoms with Gasteiger partial charge in [-0.05, 0) is 109 Å². The van der Waals surface area contributed by atoms with Crippen LogP contribution in [-0.4, -0.2) is 37.9 Å². The molecule has 0 aliphatic carbocycles. The van der Waals surface area contributed by atoms with Crippen LogP contribution in [0.4, 0.5) is 0 Å². The lowest BCUT2D eigenvalue weighted by Gasteiger charge is -2.18. The number of carbonyl (C=O) groups excluding carboxylic acids is 2. The molecule has 0 saturated heterocycles. The maximum absolute atomic E-state index is 12.8. The van der Waals surface area contributed by atoms with Crippen molar-refractivity contribution in [3.63, 3.8) is 0 Å². The second-order valence-electron chi connectivity index (χ2n) is 18.8. The summed E-state index contributed by atoms with van der Waals surface area (Å²) in [5.74, 6) is -0.415. The van der Waals surface area contributed by atoms with E-state index >= 15 is 0 Å². The van der Waals surface area contributed by atoms with Gasteiger partial charge in [-0.25, -0.2) is 0 Å². The molecule has 0 bridgehead atoms. The molecule has 0 N–H and O–H groups in total. The quantitative estimate of drug-likeness (QED) is 0.0346. The van der Waals surface area contributed by atoms with Crippen LogP contribution < -0.4 is 0 Å². The molecule has 0 aliphatic heterocycles. The largest absolute Gasteiger partial charge is 0.462 e. The molecule has 382 valence electrons. The molecule has 1 atom stereocenters. The number of ether oxygens (including phenoxy) is 3. The second kappa shape index (κ2) is 56.7. The second-order valence-corrected chi connectivity index (χ2v) is 18.8.